The maximum absolute atomic E-state index is 13.6. The first-order valence-corrected chi connectivity index (χ1v) is 24.7. The predicted molar refractivity (Wildman–Crippen MR) is 256 cm³/mol. The fourth-order valence-electron chi connectivity index (χ4n) is 8.02. The third kappa shape index (κ3) is 15.1. The Labute approximate surface area is 423 Å². The molecule has 4 aromatic carbocycles. The van der Waals surface area contributed by atoms with Gasteiger partial charge in [0.2, 0.25) is 18.3 Å². The lowest BCUT2D eigenvalue weighted by Crippen LogP contribution is -2.64. The lowest BCUT2D eigenvalue weighted by Gasteiger charge is -2.43. The van der Waals surface area contributed by atoms with Crippen molar-refractivity contribution in [2.24, 2.45) is 0 Å². The van der Waals surface area contributed by atoms with E-state index in [0.29, 0.717) is 0 Å². The van der Waals surface area contributed by atoms with E-state index in [1.807, 2.05) is 48.5 Å². The molecule has 0 bridgehead atoms. The second-order valence-electron chi connectivity index (χ2n) is 16.8. The van der Waals surface area contributed by atoms with Crippen LogP contribution < -0.4 is 25.4 Å². The molecule has 0 spiro atoms. The summed E-state index contributed by atoms with van der Waals surface area (Å²) >= 11 is 0. The van der Waals surface area contributed by atoms with Crippen molar-refractivity contribution in [1.29, 1.82) is 0 Å². The van der Waals surface area contributed by atoms with Crippen LogP contribution in [0.5, 0.6) is 11.5 Å². The molecule has 6 atom stereocenters. The Balaban J connectivity index is 1.21. The number of carboxylic acids is 1. The van der Waals surface area contributed by atoms with E-state index >= 15 is 0 Å². The summed E-state index contributed by atoms with van der Waals surface area (Å²) < 4.78 is 74.5. The molecular formula is C50H53N3O20S. The summed E-state index contributed by atoms with van der Waals surface area (Å²) in [5, 5.41) is 17.3. The highest BCUT2D eigenvalue weighted by Gasteiger charge is 2.56. The van der Waals surface area contributed by atoms with Gasteiger partial charge in [-0.05, 0) is 58.1 Å². The van der Waals surface area contributed by atoms with Crippen LogP contribution in [-0.4, -0.2) is 144 Å². The van der Waals surface area contributed by atoms with Crippen molar-refractivity contribution in [3.8, 4) is 22.6 Å². The average Bonchev–Trinajstić information content (AvgIpc) is 3.66. The fourth-order valence-corrected chi connectivity index (χ4v) is 8.88. The molecule has 74 heavy (non-hydrogen) atoms. The number of carbonyl (C=O) groups is 8. The van der Waals surface area contributed by atoms with Crippen molar-refractivity contribution in [2.75, 3.05) is 50.9 Å². The summed E-state index contributed by atoms with van der Waals surface area (Å²) in [6, 6.07) is 23.5. The van der Waals surface area contributed by atoms with Crippen LogP contribution in [0.25, 0.3) is 11.1 Å². The normalized spacial score (nSPS) is 18.3. The second kappa shape index (κ2) is 25.1. The zero-order chi connectivity index (χ0) is 53.7. The Morgan fingerprint density at radius 3 is 2.00 bits per heavy atom. The lowest BCUT2D eigenvalue weighted by molar-refractivity contribution is -0.282. The second-order valence-corrected chi connectivity index (χ2v) is 18.9. The van der Waals surface area contributed by atoms with Crippen LogP contribution in [0.3, 0.4) is 0 Å². The topological polar surface area (TPSA) is 310 Å². The van der Waals surface area contributed by atoms with Gasteiger partial charge in [0.1, 0.15) is 47.3 Å². The lowest BCUT2D eigenvalue weighted by atomic mass is 9.97. The van der Waals surface area contributed by atoms with Crippen LogP contribution in [0.1, 0.15) is 53.7 Å². The Hall–Kier alpha value is -7.93. The monoisotopic (exact) mass is 1050 g/mol. The van der Waals surface area contributed by atoms with Crippen molar-refractivity contribution < 1.29 is 94.5 Å². The number of amides is 1. The molecule has 6 rings (SSSR count). The first-order chi connectivity index (χ1) is 35.2. The third-order valence-electron chi connectivity index (χ3n) is 11.1. The van der Waals surface area contributed by atoms with Crippen molar-refractivity contribution in [2.45, 2.75) is 70.0 Å². The molecule has 1 aliphatic heterocycles. The molecule has 0 saturated carbocycles. The highest BCUT2D eigenvalue weighted by molar-refractivity contribution is 7.90. The number of rotatable bonds is 23. The summed E-state index contributed by atoms with van der Waals surface area (Å²) in [6.07, 6.45) is -7.99. The van der Waals surface area contributed by atoms with Crippen molar-refractivity contribution in [3.63, 3.8) is 0 Å². The molecule has 4 N–H and O–H groups in total. The molecule has 24 heteroatoms. The number of nitrogens with one attached hydrogen (secondary N) is 3. The number of fused-ring (bicyclic) bond motifs is 3. The maximum atomic E-state index is 13.6. The molecular weight excluding hydrogens is 995 g/mol. The van der Waals surface area contributed by atoms with Crippen LogP contribution in [0.15, 0.2) is 91.0 Å². The summed E-state index contributed by atoms with van der Waals surface area (Å²) in [6.45, 7) is 1.21. The van der Waals surface area contributed by atoms with E-state index < -0.39 is 120 Å². The number of carbonyl (C=O) groups excluding carboxylic acids is 7. The van der Waals surface area contributed by atoms with Gasteiger partial charge < -0.3 is 53.1 Å². The van der Waals surface area contributed by atoms with Gasteiger partial charge in [-0.3, -0.25) is 39.4 Å². The minimum absolute atomic E-state index is 0.0367. The number of hydrogen-bond acceptors (Lipinski definition) is 21. The average molecular weight is 1050 g/mol. The minimum Gasteiger partial charge on any atom is -0.478 e. The largest absolute Gasteiger partial charge is 0.478 e. The smallest absolute Gasteiger partial charge is 0.339 e. The number of benzene rings is 4. The molecule has 4 aromatic rings. The van der Waals surface area contributed by atoms with Crippen LogP contribution in [0, 0.1) is 0 Å². The van der Waals surface area contributed by atoms with Crippen LogP contribution >= 0.6 is 0 Å². The number of hydrogen-bond donors (Lipinski definition) is 4. The van der Waals surface area contributed by atoms with Gasteiger partial charge in [0, 0.05) is 32.9 Å². The molecule has 0 radical (unpaired) electrons. The van der Waals surface area contributed by atoms with E-state index in [4.69, 9.17) is 42.6 Å². The van der Waals surface area contributed by atoms with Gasteiger partial charge in [0.25, 0.3) is 0 Å². The number of aromatic carboxylic acids is 1. The first-order valence-electron chi connectivity index (χ1n) is 22.6. The molecule has 1 heterocycles. The maximum Gasteiger partial charge on any atom is 0.339 e. The summed E-state index contributed by atoms with van der Waals surface area (Å²) in [4.78, 5) is 102. The number of carboxylic acid groups (broad SMARTS) is 1. The molecule has 1 amide bonds. The molecule has 1 aliphatic carbocycles. The zero-order valence-electron chi connectivity index (χ0n) is 40.6. The molecule has 2 aliphatic rings. The fraction of sp³-hybridized carbons (Fsp3) is 0.360. The van der Waals surface area contributed by atoms with E-state index in [9.17, 15) is 51.9 Å². The number of sulfone groups is 1. The number of methoxy groups -OCH3 is 1. The highest BCUT2D eigenvalue weighted by atomic mass is 32.2. The summed E-state index contributed by atoms with van der Waals surface area (Å²) in [7, 11) is -2.81. The SMILES string of the molecule is COC(=O)[C@H]1O[C@@H](Oc2ccc(COC(=O)C(CS(C)(=O)=O)NCOc3cccc(C(=O)O)c3)cc2NC(=O)CNCC(=O)OCC2c3ccccc3-c3ccccc32)[C@H](OC(C)=O)[C@@H](OC(C)=O)[C@@H]1OC(C)=O. The predicted octanol–water partition coefficient (Wildman–Crippen LogP) is 2.42. The quantitative estimate of drug-likeness (QED) is 0.0471. The third-order valence-corrected chi connectivity index (χ3v) is 12.0. The Morgan fingerprint density at radius 1 is 0.743 bits per heavy atom. The Morgan fingerprint density at radius 2 is 1.38 bits per heavy atom. The molecule has 1 saturated heterocycles. The van der Waals surface area contributed by atoms with Gasteiger partial charge in [-0.1, -0.05) is 60.7 Å². The molecule has 1 unspecified atom stereocenters. The van der Waals surface area contributed by atoms with Gasteiger partial charge in [-0.25, -0.2) is 18.0 Å². The molecule has 0 aromatic heterocycles. The van der Waals surface area contributed by atoms with Gasteiger partial charge >= 0.3 is 41.8 Å². The van der Waals surface area contributed by atoms with Crippen LogP contribution in [0.2, 0.25) is 0 Å². The standard InChI is InChI=1S/C50H53N3O20S/c1-27(54)69-43-44(70-28(2)55)46(71-29(3)56)50(73-45(43)49(62)65-4)72-40-18-17-30(23-67-48(61)39(25-74(5,63)64)52-26-68-32-12-10-11-31(20-32)47(59)60)19-38(40)53-41(57)21-51-22-42(58)66-24-37-35-15-8-6-13-33(35)34-14-7-9-16-36(34)37/h6-20,37,39,43-46,50-52H,21-26H2,1-5H3,(H,53,57)(H,59,60)/t39?,43-,44-,45-,46+,50+/m0/s1. The van der Waals surface area contributed by atoms with Crippen molar-refractivity contribution >= 4 is 63.2 Å². The van der Waals surface area contributed by atoms with E-state index in [1.54, 1.807) is 0 Å². The Bertz CT molecular complexity index is 2830. The molecule has 1 fully saturated rings. The highest BCUT2D eigenvalue weighted by Crippen LogP contribution is 2.44. The van der Waals surface area contributed by atoms with Gasteiger partial charge in [0.05, 0.1) is 37.2 Å². The number of anilines is 1. The van der Waals surface area contributed by atoms with Gasteiger partial charge in [0.15, 0.2) is 18.3 Å². The van der Waals surface area contributed by atoms with E-state index in [0.717, 1.165) is 56.4 Å². The van der Waals surface area contributed by atoms with E-state index in [-0.39, 0.29) is 47.4 Å². The first kappa shape index (κ1) is 55.4. The Kier molecular flexibility index (Phi) is 18.8. The van der Waals surface area contributed by atoms with Crippen LogP contribution in [0.4, 0.5) is 5.69 Å². The summed E-state index contributed by atoms with van der Waals surface area (Å²) in [5.41, 5.74) is 4.02. The molecule has 394 valence electrons. The number of esters is 6. The molecule has 23 nitrogen and oxygen atoms in total. The van der Waals surface area contributed by atoms with Gasteiger partial charge in [-0.2, -0.15) is 0 Å². The van der Waals surface area contributed by atoms with Crippen molar-refractivity contribution in [1.82, 2.24) is 10.6 Å². The zero-order valence-corrected chi connectivity index (χ0v) is 41.4. The van der Waals surface area contributed by atoms with E-state index in [1.165, 1.54) is 42.5 Å². The minimum atomic E-state index is -3.81. The van der Waals surface area contributed by atoms with E-state index in [2.05, 4.69) is 16.0 Å². The van der Waals surface area contributed by atoms with Crippen LogP contribution in [-0.2, 0) is 83.2 Å². The van der Waals surface area contributed by atoms with Gasteiger partial charge in [-0.15, -0.1) is 0 Å². The number of ether oxygens (including phenoxy) is 9. The van der Waals surface area contributed by atoms with Crippen molar-refractivity contribution in [3.05, 3.63) is 113 Å². The summed E-state index contributed by atoms with van der Waals surface area (Å²) in [5.74, 6) is -8.70.